The van der Waals surface area contributed by atoms with Crippen LogP contribution in [0.2, 0.25) is 0 Å². The number of likely N-dealkylation sites (N-methyl/N-ethyl adjacent to an activating group) is 1. The molecule has 4 nitrogen and oxygen atoms in total. The van der Waals surface area contributed by atoms with Gasteiger partial charge in [0.15, 0.2) is 9.84 Å². The normalized spacial score (nSPS) is 21.6. The highest BCUT2D eigenvalue weighted by atomic mass is 32.2. The van der Waals surface area contributed by atoms with Crippen LogP contribution in [0.25, 0.3) is 0 Å². The summed E-state index contributed by atoms with van der Waals surface area (Å²) in [5.41, 5.74) is 1.85. The van der Waals surface area contributed by atoms with Crippen molar-refractivity contribution in [3.63, 3.8) is 0 Å². The Balaban J connectivity index is 2.49. The highest BCUT2D eigenvalue weighted by Crippen LogP contribution is 2.31. The van der Waals surface area contributed by atoms with Gasteiger partial charge in [-0.15, -0.1) is 0 Å². The number of aryl methyl sites for hydroxylation is 1. The summed E-state index contributed by atoms with van der Waals surface area (Å²) >= 11 is 0. The lowest BCUT2D eigenvalue weighted by Crippen LogP contribution is -2.41. The Kier molecular flexibility index (Phi) is 3.40. The quantitative estimate of drug-likeness (QED) is 0.846. The molecule has 0 amide bonds. The highest BCUT2D eigenvalue weighted by Gasteiger charge is 2.30. The first-order valence-electron chi connectivity index (χ1n) is 5.84. The molecular formula is C12H18N2O2S. The summed E-state index contributed by atoms with van der Waals surface area (Å²) in [6.07, 6.45) is 0.831. The first-order chi connectivity index (χ1) is 8.08. The molecule has 17 heavy (non-hydrogen) atoms. The summed E-state index contributed by atoms with van der Waals surface area (Å²) in [5.74, 6) is 0.161. The van der Waals surface area contributed by atoms with Gasteiger partial charge in [-0.1, -0.05) is 19.1 Å². The van der Waals surface area contributed by atoms with Crippen molar-refractivity contribution in [1.29, 1.82) is 0 Å². The van der Waals surface area contributed by atoms with Gasteiger partial charge in [-0.3, -0.25) is 0 Å². The van der Waals surface area contributed by atoms with Crippen molar-refractivity contribution in [2.24, 2.45) is 0 Å². The van der Waals surface area contributed by atoms with E-state index in [-0.39, 0.29) is 11.8 Å². The van der Waals surface area contributed by atoms with Gasteiger partial charge >= 0.3 is 0 Å². The van der Waals surface area contributed by atoms with Gasteiger partial charge in [-0.2, -0.15) is 0 Å². The summed E-state index contributed by atoms with van der Waals surface area (Å²) in [5, 5.41) is 6.35. The van der Waals surface area contributed by atoms with Crippen LogP contribution >= 0.6 is 0 Å². The zero-order valence-corrected chi connectivity index (χ0v) is 11.0. The van der Waals surface area contributed by atoms with E-state index in [4.69, 9.17) is 0 Å². The second-order valence-corrected chi connectivity index (χ2v) is 6.33. The molecule has 1 aromatic rings. The van der Waals surface area contributed by atoms with Gasteiger partial charge < -0.3 is 10.6 Å². The van der Waals surface area contributed by atoms with E-state index in [1.807, 2.05) is 26.1 Å². The molecule has 0 aliphatic carbocycles. The van der Waals surface area contributed by atoms with E-state index in [0.717, 1.165) is 17.7 Å². The van der Waals surface area contributed by atoms with Gasteiger partial charge in [0.05, 0.1) is 22.4 Å². The predicted octanol–water partition coefficient (Wildman–Crippen LogP) is 1.04. The lowest BCUT2D eigenvalue weighted by Gasteiger charge is -2.28. The van der Waals surface area contributed by atoms with Crippen LogP contribution in [0.3, 0.4) is 0 Å². The maximum Gasteiger partial charge on any atom is 0.182 e. The van der Waals surface area contributed by atoms with Crippen molar-refractivity contribution in [1.82, 2.24) is 5.32 Å². The van der Waals surface area contributed by atoms with Gasteiger partial charge in [-0.25, -0.2) is 8.42 Å². The van der Waals surface area contributed by atoms with Crippen molar-refractivity contribution in [3.05, 3.63) is 23.8 Å². The van der Waals surface area contributed by atoms with Crippen LogP contribution in [0, 0.1) is 0 Å². The van der Waals surface area contributed by atoms with Gasteiger partial charge in [0.1, 0.15) is 0 Å². The molecule has 2 N–H and O–H groups in total. The third-order valence-electron chi connectivity index (χ3n) is 3.05. The van der Waals surface area contributed by atoms with Crippen molar-refractivity contribution in [2.75, 3.05) is 24.7 Å². The summed E-state index contributed by atoms with van der Waals surface area (Å²) in [4.78, 5) is 0.448. The second-order valence-electron chi connectivity index (χ2n) is 4.32. The number of hydrogen-bond donors (Lipinski definition) is 2. The Hall–Kier alpha value is -1.07. The average molecular weight is 254 g/mol. The third kappa shape index (κ3) is 2.30. The lowest BCUT2D eigenvalue weighted by molar-refractivity contribution is 0.580. The fraction of sp³-hybridized carbons (Fsp3) is 0.500. The third-order valence-corrected chi connectivity index (χ3v) is 4.90. The number of rotatable bonds is 3. The van der Waals surface area contributed by atoms with Crippen LogP contribution in [0.5, 0.6) is 0 Å². The van der Waals surface area contributed by atoms with Crippen molar-refractivity contribution in [2.45, 2.75) is 24.3 Å². The van der Waals surface area contributed by atoms with E-state index < -0.39 is 9.84 Å². The topological polar surface area (TPSA) is 58.2 Å². The van der Waals surface area contributed by atoms with Crippen molar-refractivity contribution in [3.8, 4) is 0 Å². The summed E-state index contributed by atoms with van der Waals surface area (Å²) in [7, 11) is -1.32. The maximum atomic E-state index is 12.2. The van der Waals surface area contributed by atoms with Crippen LogP contribution in [-0.2, 0) is 16.3 Å². The molecule has 1 atom stereocenters. The van der Waals surface area contributed by atoms with Gasteiger partial charge in [-0.05, 0) is 25.1 Å². The molecule has 1 aliphatic rings. The van der Waals surface area contributed by atoms with E-state index in [0.29, 0.717) is 11.4 Å². The molecule has 1 aliphatic heterocycles. The van der Waals surface area contributed by atoms with Crippen molar-refractivity contribution < 1.29 is 8.42 Å². The Morgan fingerprint density at radius 2 is 2.24 bits per heavy atom. The molecule has 0 bridgehead atoms. The van der Waals surface area contributed by atoms with E-state index in [1.54, 1.807) is 6.07 Å². The number of fused-ring (bicyclic) bond motifs is 1. The Morgan fingerprint density at radius 1 is 1.47 bits per heavy atom. The molecule has 0 saturated carbocycles. The van der Waals surface area contributed by atoms with Crippen LogP contribution in [0.1, 0.15) is 12.5 Å². The van der Waals surface area contributed by atoms with Crippen LogP contribution < -0.4 is 10.6 Å². The van der Waals surface area contributed by atoms with E-state index >= 15 is 0 Å². The van der Waals surface area contributed by atoms with E-state index in [2.05, 4.69) is 10.6 Å². The van der Waals surface area contributed by atoms with Gasteiger partial charge in [0.25, 0.3) is 0 Å². The number of para-hydroxylation sites is 1. The molecule has 1 aromatic carbocycles. The largest absolute Gasteiger partial charge is 0.379 e. The fourth-order valence-electron chi connectivity index (χ4n) is 2.25. The molecular weight excluding hydrogens is 236 g/mol. The molecule has 1 heterocycles. The maximum absolute atomic E-state index is 12.2. The highest BCUT2D eigenvalue weighted by molar-refractivity contribution is 7.91. The minimum atomic E-state index is -3.15. The number of benzene rings is 1. The number of hydrogen-bond acceptors (Lipinski definition) is 4. The van der Waals surface area contributed by atoms with Crippen molar-refractivity contribution >= 4 is 15.5 Å². The second kappa shape index (κ2) is 4.66. The number of nitrogens with one attached hydrogen (secondary N) is 2. The van der Waals surface area contributed by atoms with E-state index in [9.17, 15) is 8.42 Å². The molecule has 0 saturated heterocycles. The van der Waals surface area contributed by atoms with Gasteiger partial charge in [0.2, 0.25) is 0 Å². The molecule has 0 radical (unpaired) electrons. The first-order valence-corrected chi connectivity index (χ1v) is 7.49. The summed E-state index contributed by atoms with van der Waals surface area (Å²) < 4.78 is 24.3. The summed E-state index contributed by atoms with van der Waals surface area (Å²) in [6.45, 7) is 2.68. The predicted molar refractivity (Wildman–Crippen MR) is 69.2 cm³/mol. The fourth-order valence-corrected chi connectivity index (χ4v) is 3.95. The molecule has 0 spiro atoms. The zero-order valence-electron chi connectivity index (χ0n) is 10.2. The SMILES string of the molecule is CCc1cccc2c1NC(CNC)CS2(=O)=O. The zero-order chi connectivity index (χ0) is 12.5. The Labute approximate surface area is 102 Å². The van der Waals surface area contributed by atoms with Crippen LogP contribution in [-0.4, -0.2) is 33.8 Å². The first kappa shape index (κ1) is 12.4. The smallest absolute Gasteiger partial charge is 0.182 e. The molecule has 2 rings (SSSR count). The standard InChI is InChI=1S/C12H18N2O2S/c1-3-9-5-4-6-11-12(9)14-10(7-13-2)8-17(11,15)16/h4-6,10,13-14H,3,7-8H2,1-2H3. The molecule has 5 heteroatoms. The van der Waals surface area contributed by atoms with Gasteiger partial charge in [0, 0.05) is 6.54 Å². The van der Waals surface area contributed by atoms with Crippen LogP contribution in [0.4, 0.5) is 5.69 Å². The minimum Gasteiger partial charge on any atom is -0.379 e. The minimum absolute atomic E-state index is 0.0507. The lowest BCUT2D eigenvalue weighted by atomic mass is 10.1. The van der Waals surface area contributed by atoms with Crippen LogP contribution in [0.15, 0.2) is 23.1 Å². The molecule has 1 unspecified atom stereocenters. The number of sulfone groups is 1. The molecule has 0 aromatic heterocycles. The molecule has 94 valence electrons. The monoisotopic (exact) mass is 254 g/mol. The number of anilines is 1. The van der Waals surface area contributed by atoms with E-state index in [1.165, 1.54) is 0 Å². The summed E-state index contributed by atoms with van der Waals surface area (Å²) in [6, 6.07) is 5.43. The Bertz CT molecular complexity index is 511. The average Bonchev–Trinajstić information content (AvgIpc) is 2.28. The Morgan fingerprint density at radius 3 is 2.88 bits per heavy atom. The molecule has 0 fully saturated rings.